The summed E-state index contributed by atoms with van der Waals surface area (Å²) in [7, 11) is 1.69. The minimum atomic E-state index is 0.225. The van der Waals surface area contributed by atoms with Crippen molar-refractivity contribution in [2.24, 2.45) is 5.73 Å². The molecule has 6 heteroatoms. The monoisotopic (exact) mass is 256 g/mol. The van der Waals surface area contributed by atoms with Crippen LogP contribution in [-0.4, -0.2) is 42.5 Å². The number of rotatable bonds is 8. The van der Waals surface area contributed by atoms with Crippen LogP contribution in [0.3, 0.4) is 0 Å². The Bertz CT molecular complexity index is 353. The zero-order chi connectivity index (χ0) is 12.7. The van der Waals surface area contributed by atoms with Crippen molar-refractivity contribution in [2.45, 2.75) is 19.9 Å². The number of thiazole rings is 1. The van der Waals surface area contributed by atoms with Gasteiger partial charge < -0.3 is 10.5 Å². The minimum Gasteiger partial charge on any atom is -0.388 e. The van der Waals surface area contributed by atoms with E-state index in [1.807, 2.05) is 6.92 Å². The number of nitrogens with one attached hydrogen (secondary N) is 1. The number of hydrogen-bond acceptors (Lipinski definition) is 5. The average Bonchev–Trinajstić information content (AvgIpc) is 2.68. The number of methoxy groups -OCH3 is 1. The fraction of sp³-hybridized carbons (Fsp3) is 0.636. The van der Waals surface area contributed by atoms with Gasteiger partial charge in [-0.1, -0.05) is 0 Å². The third kappa shape index (κ3) is 5.76. The maximum Gasteiger partial charge on any atom is 0.107 e. The van der Waals surface area contributed by atoms with Crippen molar-refractivity contribution in [2.75, 3.05) is 26.8 Å². The molecule has 0 unspecified atom stereocenters. The van der Waals surface area contributed by atoms with E-state index in [0.29, 0.717) is 13.0 Å². The summed E-state index contributed by atoms with van der Waals surface area (Å²) in [5.41, 5.74) is 6.44. The number of aromatic nitrogens is 1. The second kappa shape index (κ2) is 7.37. The first-order valence-corrected chi connectivity index (χ1v) is 6.45. The van der Waals surface area contributed by atoms with Gasteiger partial charge in [-0.3, -0.25) is 10.3 Å². The molecule has 0 atom stereocenters. The van der Waals surface area contributed by atoms with Crippen LogP contribution in [0.5, 0.6) is 0 Å². The maximum atomic E-state index is 7.26. The van der Waals surface area contributed by atoms with Crippen LogP contribution in [0.1, 0.15) is 17.1 Å². The minimum absolute atomic E-state index is 0.225. The third-order valence-corrected chi connectivity index (χ3v) is 3.29. The lowest BCUT2D eigenvalue weighted by Gasteiger charge is -2.20. The Morgan fingerprint density at radius 2 is 2.35 bits per heavy atom. The van der Waals surface area contributed by atoms with Crippen LogP contribution in [0.4, 0.5) is 0 Å². The summed E-state index contributed by atoms with van der Waals surface area (Å²) in [6, 6.07) is 0. The fourth-order valence-electron chi connectivity index (χ4n) is 1.44. The van der Waals surface area contributed by atoms with Gasteiger partial charge in [0, 0.05) is 37.7 Å². The predicted molar refractivity (Wildman–Crippen MR) is 70.5 cm³/mol. The van der Waals surface area contributed by atoms with E-state index in [0.717, 1.165) is 30.3 Å². The van der Waals surface area contributed by atoms with Crippen LogP contribution >= 0.6 is 11.3 Å². The standard InChI is InChI=1S/C11H20N4OS/c1-9-8-17-11(14-9)7-15(5-6-16-2)4-3-10(12)13/h8H,3-7H2,1-2H3,(H3,12,13). The van der Waals surface area contributed by atoms with E-state index in [9.17, 15) is 0 Å². The molecule has 1 heterocycles. The second-order valence-electron chi connectivity index (χ2n) is 3.93. The largest absolute Gasteiger partial charge is 0.388 e. The summed E-state index contributed by atoms with van der Waals surface area (Å²) in [5.74, 6) is 0.225. The van der Waals surface area contributed by atoms with Crippen molar-refractivity contribution in [3.8, 4) is 0 Å². The van der Waals surface area contributed by atoms with Gasteiger partial charge in [-0.2, -0.15) is 0 Å². The summed E-state index contributed by atoms with van der Waals surface area (Å²) in [4.78, 5) is 6.65. The van der Waals surface area contributed by atoms with Gasteiger partial charge in [0.2, 0.25) is 0 Å². The van der Waals surface area contributed by atoms with Gasteiger partial charge in [0.15, 0.2) is 0 Å². The number of nitrogens with two attached hydrogens (primary N) is 1. The number of aryl methyl sites for hydroxylation is 1. The molecule has 3 N–H and O–H groups in total. The molecule has 0 aliphatic heterocycles. The second-order valence-corrected chi connectivity index (χ2v) is 4.87. The lowest BCUT2D eigenvalue weighted by Crippen LogP contribution is -2.30. The van der Waals surface area contributed by atoms with E-state index in [1.165, 1.54) is 0 Å². The normalized spacial score (nSPS) is 11.0. The Kier molecular flexibility index (Phi) is 6.10. The highest BCUT2D eigenvalue weighted by Crippen LogP contribution is 2.11. The molecule has 1 aromatic heterocycles. The van der Waals surface area contributed by atoms with Gasteiger partial charge in [0.1, 0.15) is 5.01 Å². The molecule has 96 valence electrons. The number of hydrogen-bond donors (Lipinski definition) is 2. The summed E-state index contributed by atoms with van der Waals surface area (Å²) >= 11 is 1.67. The van der Waals surface area contributed by atoms with Gasteiger partial charge >= 0.3 is 0 Å². The molecule has 0 saturated heterocycles. The highest BCUT2D eigenvalue weighted by atomic mass is 32.1. The van der Waals surface area contributed by atoms with Crippen LogP contribution in [0, 0.1) is 12.3 Å². The van der Waals surface area contributed by atoms with E-state index < -0.39 is 0 Å². The van der Waals surface area contributed by atoms with Crippen molar-refractivity contribution in [1.29, 1.82) is 5.41 Å². The zero-order valence-electron chi connectivity index (χ0n) is 10.4. The third-order valence-electron chi connectivity index (χ3n) is 2.33. The molecular weight excluding hydrogens is 236 g/mol. The Balaban J connectivity index is 2.47. The summed E-state index contributed by atoms with van der Waals surface area (Å²) in [5, 5.41) is 10.4. The lowest BCUT2D eigenvalue weighted by molar-refractivity contribution is 0.145. The molecule has 0 radical (unpaired) electrons. The molecule has 0 saturated carbocycles. The van der Waals surface area contributed by atoms with Crippen molar-refractivity contribution >= 4 is 17.2 Å². The lowest BCUT2D eigenvalue weighted by atomic mass is 10.3. The van der Waals surface area contributed by atoms with Crippen molar-refractivity contribution in [3.63, 3.8) is 0 Å². The van der Waals surface area contributed by atoms with E-state index in [2.05, 4.69) is 15.3 Å². The Hall–Kier alpha value is -0.980. The first-order valence-electron chi connectivity index (χ1n) is 5.57. The van der Waals surface area contributed by atoms with Crippen molar-refractivity contribution in [1.82, 2.24) is 9.88 Å². The smallest absolute Gasteiger partial charge is 0.107 e. The molecule has 0 amide bonds. The first-order chi connectivity index (χ1) is 8.11. The molecule has 0 aliphatic carbocycles. The number of amidine groups is 1. The van der Waals surface area contributed by atoms with Gasteiger partial charge in [0.05, 0.1) is 19.0 Å². The first kappa shape index (κ1) is 14.1. The molecule has 0 fully saturated rings. The molecule has 0 aliphatic rings. The molecular formula is C11H20N4OS. The van der Waals surface area contributed by atoms with Gasteiger partial charge in [-0.25, -0.2) is 4.98 Å². The fourth-order valence-corrected chi connectivity index (χ4v) is 2.25. The average molecular weight is 256 g/mol. The van der Waals surface area contributed by atoms with Crippen LogP contribution < -0.4 is 5.73 Å². The molecule has 1 aromatic rings. The Labute approximate surface area is 106 Å². The highest BCUT2D eigenvalue weighted by molar-refractivity contribution is 7.09. The van der Waals surface area contributed by atoms with E-state index >= 15 is 0 Å². The molecule has 0 bridgehead atoms. The van der Waals surface area contributed by atoms with Crippen LogP contribution in [0.2, 0.25) is 0 Å². The topological polar surface area (TPSA) is 75.2 Å². The van der Waals surface area contributed by atoms with E-state index in [-0.39, 0.29) is 5.84 Å². The molecule has 1 rings (SSSR count). The molecule has 17 heavy (non-hydrogen) atoms. The maximum absolute atomic E-state index is 7.26. The summed E-state index contributed by atoms with van der Waals surface area (Å²) in [6.07, 6.45) is 0.591. The highest BCUT2D eigenvalue weighted by Gasteiger charge is 2.08. The summed E-state index contributed by atoms with van der Waals surface area (Å²) in [6.45, 7) is 5.09. The van der Waals surface area contributed by atoms with E-state index in [1.54, 1.807) is 18.4 Å². The van der Waals surface area contributed by atoms with Gasteiger partial charge in [-0.15, -0.1) is 11.3 Å². The molecule has 5 nitrogen and oxygen atoms in total. The van der Waals surface area contributed by atoms with Crippen LogP contribution in [0.15, 0.2) is 5.38 Å². The molecule has 0 spiro atoms. The number of nitrogens with zero attached hydrogens (tertiary/aromatic N) is 2. The quantitative estimate of drug-likeness (QED) is 0.542. The number of ether oxygens (including phenoxy) is 1. The van der Waals surface area contributed by atoms with Crippen molar-refractivity contribution < 1.29 is 4.74 Å². The Morgan fingerprint density at radius 1 is 1.59 bits per heavy atom. The summed E-state index contributed by atoms with van der Waals surface area (Å²) < 4.78 is 5.08. The predicted octanol–water partition coefficient (Wildman–Crippen LogP) is 1.23. The Morgan fingerprint density at radius 3 is 2.88 bits per heavy atom. The SMILES string of the molecule is COCCN(CCC(=N)N)Cc1nc(C)cs1. The zero-order valence-corrected chi connectivity index (χ0v) is 11.2. The molecule has 0 aromatic carbocycles. The van der Waals surface area contributed by atoms with Crippen LogP contribution in [0.25, 0.3) is 0 Å². The van der Waals surface area contributed by atoms with Gasteiger partial charge in [0.25, 0.3) is 0 Å². The van der Waals surface area contributed by atoms with Crippen LogP contribution in [-0.2, 0) is 11.3 Å². The van der Waals surface area contributed by atoms with E-state index in [4.69, 9.17) is 15.9 Å². The van der Waals surface area contributed by atoms with Crippen molar-refractivity contribution in [3.05, 3.63) is 16.1 Å². The van der Waals surface area contributed by atoms with Gasteiger partial charge in [-0.05, 0) is 6.92 Å².